The monoisotopic (exact) mass is 521 g/mol. The summed E-state index contributed by atoms with van der Waals surface area (Å²) < 4.78 is 11.6. The molecular formula is C33H31NO3S. The second-order valence-electron chi connectivity index (χ2n) is 10.3. The molecule has 1 aliphatic rings. The van der Waals surface area contributed by atoms with Crippen LogP contribution in [-0.2, 0) is 12.0 Å². The van der Waals surface area contributed by atoms with Crippen LogP contribution in [0.1, 0.15) is 47.8 Å². The number of allylic oxidation sites excluding steroid dienone is 1. The molecule has 5 heteroatoms. The fraction of sp³-hybridized carbons (Fsp3) is 0.182. The molecule has 5 rings (SSSR count). The van der Waals surface area contributed by atoms with E-state index in [9.17, 15) is 4.79 Å². The minimum absolute atomic E-state index is 0.0500. The molecule has 0 radical (unpaired) electrons. The van der Waals surface area contributed by atoms with Gasteiger partial charge in [-0.2, -0.15) is 0 Å². The maximum atomic E-state index is 13.0. The van der Waals surface area contributed by atoms with E-state index in [2.05, 4.69) is 44.3 Å². The van der Waals surface area contributed by atoms with Gasteiger partial charge < -0.3 is 14.8 Å². The van der Waals surface area contributed by atoms with Crippen molar-refractivity contribution in [2.45, 2.75) is 42.6 Å². The van der Waals surface area contributed by atoms with Crippen LogP contribution in [-0.4, -0.2) is 12.9 Å². The molecule has 0 bridgehead atoms. The third-order valence-corrected chi connectivity index (χ3v) is 7.64. The zero-order valence-corrected chi connectivity index (χ0v) is 22.9. The van der Waals surface area contributed by atoms with E-state index < -0.39 is 0 Å². The molecule has 4 aromatic carbocycles. The number of ether oxygens (including phenoxy) is 2. The average Bonchev–Trinajstić information content (AvgIpc) is 2.93. The lowest BCUT2D eigenvalue weighted by Gasteiger charge is -2.20. The van der Waals surface area contributed by atoms with E-state index in [1.165, 1.54) is 10.5 Å². The Hall–Kier alpha value is -3.96. The molecule has 1 N–H and O–H groups in total. The lowest BCUT2D eigenvalue weighted by Crippen LogP contribution is -2.10. The molecule has 192 valence electrons. The second kappa shape index (κ2) is 10.8. The Bertz CT molecular complexity index is 1500. The number of hydrogen-bond acceptors (Lipinski definition) is 5. The Morgan fingerprint density at radius 3 is 2.42 bits per heavy atom. The summed E-state index contributed by atoms with van der Waals surface area (Å²) in [5.74, 6) is 1.50. The average molecular weight is 522 g/mol. The van der Waals surface area contributed by atoms with E-state index in [4.69, 9.17) is 9.47 Å². The largest absolute Gasteiger partial charge is 0.496 e. The number of nitrogens with one attached hydrogen (secondary N) is 1. The topological polar surface area (TPSA) is 47.6 Å². The third kappa shape index (κ3) is 5.79. The van der Waals surface area contributed by atoms with Gasteiger partial charge >= 0.3 is 0 Å². The van der Waals surface area contributed by atoms with Crippen molar-refractivity contribution < 1.29 is 14.3 Å². The first-order chi connectivity index (χ1) is 18.3. The van der Waals surface area contributed by atoms with Crippen molar-refractivity contribution >= 4 is 35.0 Å². The summed E-state index contributed by atoms with van der Waals surface area (Å²) in [6.45, 7) is 6.94. The summed E-state index contributed by atoms with van der Waals surface area (Å²) in [6, 6.07) is 28.0. The van der Waals surface area contributed by atoms with Crippen LogP contribution < -0.4 is 14.8 Å². The first-order valence-corrected chi connectivity index (χ1v) is 13.4. The number of methoxy groups -OCH3 is 1. The molecule has 0 atom stereocenters. The van der Waals surface area contributed by atoms with Gasteiger partial charge in [0.1, 0.15) is 18.1 Å². The number of ketones is 1. The van der Waals surface area contributed by atoms with Crippen molar-refractivity contribution in [1.29, 1.82) is 0 Å². The number of anilines is 2. The Morgan fingerprint density at radius 2 is 1.66 bits per heavy atom. The Balaban J connectivity index is 1.28. The van der Waals surface area contributed by atoms with Crippen molar-refractivity contribution in [1.82, 2.24) is 0 Å². The van der Waals surface area contributed by atoms with Crippen LogP contribution in [0.4, 0.5) is 11.4 Å². The first kappa shape index (κ1) is 25.7. The Labute approximate surface area is 228 Å². The van der Waals surface area contributed by atoms with Crippen molar-refractivity contribution in [2.75, 3.05) is 12.4 Å². The molecule has 0 aromatic heterocycles. The van der Waals surface area contributed by atoms with Gasteiger partial charge in [0.25, 0.3) is 0 Å². The van der Waals surface area contributed by atoms with E-state index in [0.29, 0.717) is 12.2 Å². The van der Waals surface area contributed by atoms with Gasteiger partial charge in [-0.1, -0.05) is 68.9 Å². The quantitative estimate of drug-likeness (QED) is 0.171. The van der Waals surface area contributed by atoms with Gasteiger partial charge in [-0.05, 0) is 77.2 Å². The van der Waals surface area contributed by atoms with Crippen LogP contribution in [0.15, 0.2) is 101 Å². The predicted octanol–water partition coefficient (Wildman–Crippen LogP) is 8.68. The molecule has 0 aliphatic carbocycles. The fourth-order valence-corrected chi connectivity index (χ4v) is 5.26. The molecule has 1 aliphatic heterocycles. The van der Waals surface area contributed by atoms with E-state index in [-0.39, 0.29) is 11.2 Å². The molecule has 38 heavy (non-hydrogen) atoms. The van der Waals surface area contributed by atoms with Crippen LogP contribution in [0.25, 0.3) is 6.08 Å². The smallest absolute Gasteiger partial charge is 0.185 e. The van der Waals surface area contributed by atoms with Crippen LogP contribution in [0.3, 0.4) is 0 Å². The highest BCUT2D eigenvalue weighted by Gasteiger charge is 2.17. The van der Waals surface area contributed by atoms with E-state index in [1.807, 2.05) is 72.8 Å². The number of hydrogen-bond donors (Lipinski definition) is 1. The predicted molar refractivity (Wildman–Crippen MR) is 156 cm³/mol. The summed E-state index contributed by atoms with van der Waals surface area (Å²) in [5.41, 5.74) is 5.83. The molecule has 4 nitrogen and oxygen atoms in total. The maximum Gasteiger partial charge on any atom is 0.185 e. The SMILES string of the molecule is COc1ccc(/C=C/C(=O)c2ccc3c(c2)Nc2ccccc2S3)cc1COc1ccc(C(C)(C)C)cc1. The van der Waals surface area contributed by atoms with Gasteiger partial charge in [-0.3, -0.25) is 4.79 Å². The van der Waals surface area contributed by atoms with Crippen molar-refractivity contribution in [3.63, 3.8) is 0 Å². The highest BCUT2D eigenvalue weighted by atomic mass is 32.2. The zero-order chi connectivity index (χ0) is 26.7. The van der Waals surface area contributed by atoms with Crippen molar-refractivity contribution in [3.05, 3.63) is 113 Å². The fourth-order valence-electron chi connectivity index (χ4n) is 4.29. The minimum atomic E-state index is -0.0500. The first-order valence-electron chi connectivity index (χ1n) is 12.6. The molecule has 1 heterocycles. The maximum absolute atomic E-state index is 13.0. The Morgan fingerprint density at radius 1 is 0.895 bits per heavy atom. The molecule has 0 amide bonds. The summed E-state index contributed by atoms with van der Waals surface area (Å²) in [4.78, 5) is 15.3. The summed E-state index contributed by atoms with van der Waals surface area (Å²) in [7, 11) is 1.65. The number of fused-ring (bicyclic) bond motifs is 2. The normalized spacial score (nSPS) is 12.4. The van der Waals surface area contributed by atoms with Gasteiger partial charge in [0.15, 0.2) is 5.78 Å². The number of para-hydroxylation sites is 1. The highest BCUT2D eigenvalue weighted by molar-refractivity contribution is 7.99. The number of carbonyl (C=O) groups excluding carboxylic acids is 1. The van der Waals surface area contributed by atoms with E-state index in [0.717, 1.165) is 38.9 Å². The molecule has 0 spiro atoms. The van der Waals surface area contributed by atoms with Crippen molar-refractivity contribution in [3.8, 4) is 11.5 Å². The van der Waals surface area contributed by atoms with Gasteiger partial charge in [0.05, 0.1) is 18.5 Å². The lowest BCUT2D eigenvalue weighted by atomic mass is 9.87. The molecule has 0 saturated carbocycles. The minimum Gasteiger partial charge on any atom is -0.496 e. The number of carbonyl (C=O) groups is 1. The number of rotatable bonds is 7. The van der Waals surface area contributed by atoms with E-state index in [1.54, 1.807) is 24.9 Å². The summed E-state index contributed by atoms with van der Waals surface area (Å²) in [5, 5.41) is 3.44. The standard InChI is InChI=1S/C33H31NO3S/c1-33(2,3)25-12-14-26(15-13-25)37-21-24-19-22(10-17-30(24)36-4)9-16-29(35)23-11-18-32-28(20-23)34-27-7-5-6-8-31(27)38-32/h5-20,34H,21H2,1-4H3/b16-9+. The second-order valence-corrected chi connectivity index (χ2v) is 11.3. The van der Waals surface area contributed by atoms with Gasteiger partial charge in [0, 0.05) is 20.9 Å². The molecule has 0 saturated heterocycles. The third-order valence-electron chi connectivity index (χ3n) is 6.49. The molecule has 0 unspecified atom stereocenters. The highest BCUT2D eigenvalue weighted by Crippen LogP contribution is 2.44. The van der Waals surface area contributed by atoms with Gasteiger partial charge in [0.2, 0.25) is 0 Å². The molecule has 4 aromatic rings. The van der Waals surface area contributed by atoms with Crippen molar-refractivity contribution in [2.24, 2.45) is 0 Å². The summed E-state index contributed by atoms with van der Waals surface area (Å²) >= 11 is 1.71. The van der Waals surface area contributed by atoms with Crippen LogP contribution in [0.5, 0.6) is 11.5 Å². The number of benzene rings is 4. The lowest BCUT2D eigenvalue weighted by molar-refractivity contribution is 0.104. The van der Waals surface area contributed by atoms with Gasteiger partial charge in [-0.15, -0.1) is 0 Å². The summed E-state index contributed by atoms with van der Waals surface area (Å²) in [6.07, 6.45) is 3.45. The zero-order valence-electron chi connectivity index (χ0n) is 22.1. The Kier molecular flexibility index (Phi) is 7.30. The van der Waals surface area contributed by atoms with E-state index >= 15 is 0 Å². The van der Waals surface area contributed by atoms with Crippen LogP contribution >= 0.6 is 11.8 Å². The molecule has 0 fully saturated rings. The van der Waals surface area contributed by atoms with Gasteiger partial charge in [-0.25, -0.2) is 0 Å². The molecular weight excluding hydrogens is 490 g/mol. The van der Waals surface area contributed by atoms with Crippen LogP contribution in [0.2, 0.25) is 0 Å². The van der Waals surface area contributed by atoms with Crippen LogP contribution in [0, 0.1) is 0 Å².